The minimum Gasteiger partial charge on any atom is -0.358 e. The van der Waals surface area contributed by atoms with Crippen LogP contribution in [0.1, 0.15) is 54.9 Å². The lowest BCUT2D eigenvalue weighted by Gasteiger charge is -2.32. The Morgan fingerprint density at radius 1 is 1.19 bits per heavy atom. The third kappa shape index (κ3) is 4.48. The summed E-state index contributed by atoms with van der Waals surface area (Å²) in [7, 11) is 2.11. The minimum absolute atomic E-state index is 0. The summed E-state index contributed by atoms with van der Waals surface area (Å²) in [6.07, 6.45) is 8.44. The molecule has 0 aliphatic heterocycles. The second-order valence-electron chi connectivity index (χ2n) is 7.30. The van der Waals surface area contributed by atoms with Crippen LogP contribution in [-0.4, -0.2) is 39.2 Å². The summed E-state index contributed by atoms with van der Waals surface area (Å²) < 4.78 is 2.17. The van der Waals surface area contributed by atoms with Crippen molar-refractivity contribution in [2.24, 2.45) is 5.73 Å². The number of nitrogens with zero attached hydrogens (tertiary/aromatic N) is 5. The van der Waals surface area contributed by atoms with E-state index in [0.717, 1.165) is 43.4 Å². The lowest BCUT2D eigenvalue weighted by atomic mass is 9.78. The van der Waals surface area contributed by atoms with Crippen molar-refractivity contribution in [3.05, 3.63) is 35.8 Å². The highest BCUT2D eigenvalue weighted by Gasteiger charge is 2.32. The summed E-state index contributed by atoms with van der Waals surface area (Å²) >= 11 is 0. The Morgan fingerprint density at radius 2 is 1.92 bits per heavy atom. The summed E-state index contributed by atoms with van der Waals surface area (Å²) in [6.45, 7) is 3.85. The maximum atomic E-state index is 5.97. The lowest BCUT2D eigenvalue weighted by molar-refractivity contribution is 0.344. The first-order chi connectivity index (χ1) is 11.6. The molecular weight excluding hydrogens is 371 g/mol. The number of halogens is 2. The predicted molar refractivity (Wildman–Crippen MR) is 109 cm³/mol. The molecule has 2 aromatic rings. The molecule has 2 fully saturated rings. The molecule has 2 heterocycles. The zero-order valence-electron chi connectivity index (χ0n) is 15.3. The van der Waals surface area contributed by atoms with E-state index in [1.165, 1.54) is 18.5 Å². The first-order valence-electron chi connectivity index (χ1n) is 8.93. The zero-order valence-corrected chi connectivity index (χ0v) is 17.0. The van der Waals surface area contributed by atoms with Gasteiger partial charge in [-0.25, -0.2) is 15.0 Å². The van der Waals surface area contributed by atoms with Crippen LogP contribution in [0, 0.1) is 6.92 Å². The van der Waals surface area contributed by atoms with Crippen molar-refractivity contribution < 1.29 is 0 Å². The van der Waals surface area contributed by atoms with E-state index in [2.05, 4.69) is 27.6 Å². The van der Waals surface area contributed by atoms with E-state index in [1.807, 2.05) is 19.3 Å². The van der Waals surface area contributed by atoms with Crippen molar-refractivity contribution in [2.75, 3.05) is 18.5 Å². The highest BCUT2D eigenvalue weighted by molar-refractivity contribution is 5.85. The normalized spacial score (nSPS) is 21.3. The van der Waals surface area contributed by atoms with Crippen molar-refractivity contribution in [3.8, 4) is 0 Å². The van der Waals surface area contributed by atoms with Gasteiger partial charge >= 0.3 is 0 Å². The van der Waals surface area contributed by atoms with Crippen LogP contribution in [0.25, 0.3) is 0 Å². The average molecular weight is 399 g/mol. The maximum Gasteiger partial charge on any atom is 0.134 e. The SMILES string of the molecule is Cc1nccn1CCN(C)c1cc(C2CC(N)C2)nc(C2CC2)n1.Cl.Cl. The van der Waals surface area contributed by atoms with Gasteiger partial charge < -0.3 is 15.2 Å². The highest BCUT2D eigenvalue weighted by Crippen LogP contribution is 2.41. The Kier molecular flexibility index (Phi) is 6.88. The third-order valence-corrected chi connectivity index (χ3v) is 5.28. The van der Waals surface area contributed by atoms with Crippen LogP contribution >= 0.6 is 24.8 Å². The third-order valence-electron chi connectivity index (χ3n) is 5.28. The molecule has 8 heteroatoms. The van der Waals surface area contributed by atoms with Crippen molar-refractivity contribution in [2.45, 2.75) is 57.0 Å². The summed E-state index contributed by atoms with van der Waals surface area (Å²) in [5.41, 5.74) is 7.16. The number of hydrogen-bond donors (Lipinski definition) is 1. The van der Waals surface area contributed by atoms with E-state index < -0.39 is 0 Å². The molecule has 2 aliphatic carbocycles. The molecule has 2 aromatic heterocycles. The smallest absolute Gasteiger partial charge is 0.134 e. The number of imidazole rings is 1. The Bertz CT molecular complexity index is 724. The second-order valence-corrected chi connectivity index (χ2v) is 7.30. The van der Waals surface area contributed by atoms with Gasteiger partial charge in [0.25, 0.3) is 0 Å². The largest absolute Gasteiger partial charge is 0.358 e. The topological polar surface area (TPSA) is 72.9 Å². The Labute approximate surface area is 167 Å². The van der Waals surface area contributed by atoms with Crippen LogP contribution in [0.15, 0.2) is 18.5 Å². The fourth-order valence-corrected chi connectivity index (χ4v) is 3.32. The quantitative estimate of drug-likeness (QED) is 0.808. The lowest BCUT2D eigenvalue weighted by Crippen LogP contribution is -2.35. The van der Waals surface area contributed by atoms with Gasteiger partial charge in [0, 0.05) is 62.2 Å². The van der Waals surface area contributed by atoms with E-state index in [1.54, 1.807) is 0 Å². The molecule has 0 spiro atoms. The van der Waals surface area contributed by atoms with E-state index in [-0.39, 0.29) is 24.8 Å². The molecule has 4 rings (SSSR count). The highest BCUT2D eigenvalue weighted by atomic mass is 35.5. The van der Waals surface area contributed by atoms with Crippen LogP contribution in [0.2, 0.25) is 0 Å². The molecule has 2 N–H and O–H groups in total. The van der Waals surface area contributed by atoms with Gasteiger partial charge in [0.1, 0.15) is 17.5 Å². The summed E-state index contributed by atoms with van der Waals surface area (Å²) in [4.78, 5) is 16.2. The van der Waals surface area contributed by atoms with E-state index >= 15 is 0 Å². The molecule has 0 saturated heterocycles. The van der Waals surface area contributed by atoms with Gasteiger partial charge in [-0.1, -0.05) is 0 Å². The van der Waals surface area contributed by atoms with Crippen LogP contribution in [0.5, 0.6) is 0 Å². The fraction of sp³-hybridized carbons (Fsp3) is 0.611. The van der Waals surface area contributed by atoms with Crippen LogP contribution in [0.4, 0.5) is 5.82 Å². The number of rotatable bonds is 6. The Balaban J connectivity index is 0.00000121. The zero-order chi connectivity index (χ0) is 16.7. The number of hydrogen-bond acceptors (Lipinski definition) is 5. The van der Waals surface area contributed by atoms with Gasteiger partial charge in [0.15, 0.2) is 0 Å². The number of aromatic nitrogens is 4. The molecule has 0 atom stereocenters. The standard InChI is InChI=1S/C18H26N6.2ClH/c1-12-20-5-6-24(12)8-7-23(2)17-11-16(14-9-15(19)10-14)21-18(22-17)13-3-4-13;;/h5-6,11,13-15H,3-4,7-10,19H2,1-2H3;2*1H. The van der Waals surface area contributed by atoms with Crippen LogP contribution < -0.4 is 10.6 Å². The van der Waals surface area contributed by atoms with Crippen molar-refractivity contribution >= 4 is 30.6 Å². The van der Waals surface area contributed by atoms with Crippen LogP contribution in [0.3, 0.4) is 0 Å². The molecule has 0 amide bonds. The van der Waals surface area contributed by atoms with Crippen LogP contribution in [-0.2, 0) is 6.54 Å². The fourth-order valence-electron chi connectivity index (χ4n) is 3.32. The number of likely N-dealkylation sites (N-methyl/N-ethyl adjacent to an activating group) is 1. The van der Waals surface area contributed by atoms with E-state index in [4.69, 9.17) is 15.7 Å². The minimum atomic E-state index is 0. The molecular formula is C18H28Cl2N6. The van der Waals surface area contributed by atoms with Crippen molar-refractivity contribution in [1.29, 1.82) is 0 Å². The molecule has 6 nitrogen and oxygen atoms in total. The molecule has 0 aromatic carbocycles. The summed E-state index contributed by atoms with van der Waals surface area (Å²) in [5.74, 6) is 4.22. The molecule has 0 radical (unpaired) electrons. The maximum absolute atomic E-state index is 5.97. The number of nitrogens with two attached hydrogens (primary N) is 1. The van der Waals surface area contributed by atoms with Gasteiger partial charge in [-0.2, -0.15) is 0 Å². The van der Waals surface area contributed by atoms with Gasteiger partial charge in [0.05, 0.1) is 0 Å². The number of anilines is 1. The Hall–Kier alpha value is -1.37. The average Bonchev–Trinajstić information content (AvgIpc) is 3.32. The van der Waals surface area contributed by atoms with E-state index in [9.17, 15) is 0 Å². The van der Waals surface area contributed by atoms with E-state index in [0.29, 0.717) is 17.9 Å². The molecule has 2 saturated carbocycles. The first-order valence-corrected chi connectivity index (χ1v) is 8.93. The van der Waals surface area contributed by atoms with Gasteiger partial charge in [-0.05, 0) is 32.6 Å². The summed E-state index contributed by atoms with van der Waals surface area (Å²) in [6, 6.07) is 2.52. The van der Waals surface area contributed by atoms with Gasteiger partial charge in [0.2, 0.25) is 0 Å². The van der Waals surface area contributed by atoms with Gasteiger partial charge in [-0.15, -0.1) is 24.8 Å². The summed E-state index contributed by atoms with van der Waals surface area (Å²) in [5, 5.41) is 0. The first kappa shape index (κ1) is 20.9. The van der Waals surface area contributed by atoms with Crippen molar-refractivity contribution in [3.63, 3.8) is 0 Å². The Morgan fingerprint density at radius 3 is 2.50 bits per heavy atom. The molecule has 0 bridgehead atoms. The predicted octanol–water partition coefficient (Wildman–Crippen LogP) is 3.04. The molecule has 26 heavy (non-hydrogen) atoms. The molecule has 144 valence electrons. The number of aryl methyl sites for hydroxylation is 1. The molecule has 2 aliphatic rings. The second kappa shape index (κ2) is 8.55. The van der Waals surface area contributed by atoms with Crippen molar-refractivity contribution in [1.82, 2.24) is 19.5 Å². The van der Waals surface area contributed by atoms with Gasteiger partial charge in [-0.3, -0.25) is 0 Å². The molecule has 0 unspecified atom stereocenters. The monoisotopic (exact) mass is 398 g/mol.